The third kappa shape index (κ3) is 3.39. The lowest BCUT2D eigenvalue weighted by Gasteiger charge is -2.37. The van der Waals surface area contributed by atoms with Crippen molar-refractivity contribution in [2.45, 2.75) is 6.61 Å². The van der Waals surface area contributed by atoms with Crippen LogP contribution in [0.15, 0.2) is 36.9 Å². The van der Waals surface area contributed by atoms with Crippen molar-refractivity contribution in [2.75, 3.05) is 36.0 Å². The van der Waals surface area contributed by atoms with Crippen LogP contribution in [-0.4, -0.2) is 42.6 Å². The van der Waals surface area contributed by atoms with Gasteiger partial charge in [0.1, 0.15) is 12.9 Å². The zero-order valence-electron chi connectivity index (χ0n) is 12.6. The predicted molar refractivity (Wildman–Crippen MR) is 83.7 cm³/mol. The van der Waals surface area contributed by atoms with Crippen molar-refractivity contribution >= 4 is 17.8 Å². The number of carbonyl (C=O) groups is 1. The summed E-state index contributed by atoms with van der Waals surface area (Å²) in [6.07, 6.45) is 5.06. The van der Waals surface area contributed by atoms with Gasteiger partial charge in [-0.2, -0.15) is 0 Å². The van der Waals surface area contributed by atoms with E-state index < -0.39 is 0 Å². The van der Waals surface area contributed by atoms with E-state index in [1.165, 1.54) is 6.33 Å². The quantitative estimate of drug-likeness (QED) is 0.781. The van der Waals surface area contributed by atoms with Crippen LogP contribution in [0.2, 0.25) is 0 Å². The normalized spacial score (nSPS) is 14.7. The van der Waals surface area contributed by atoms with Gasteiger partial charge < -0.3 is 14.5 Å². The second kappa shape index (κ2) is 7.04. The number of aromatic nitrogens is 2. The molecule has 1 aliphatic heterocycles. The molecule has 1 aromatic heterocycles. The van der Waals surface area contributed by atoms with Crippen LogP contribution < -0.4 is 9.80 Å². The summed E-state index contributed by atoms with van der Waals surface area (Å²) in [7, 11) is 0. The lowest BCUT2D eigenvalue weighted by atomic mass is 10.1. The smallest absolute Gasteiger partial charge is 0.293 e. The van der Waals surface area contributed by atoms with Crippen LogP contribution in [-0.2, 0) is 16.1 Å². The number of hydrogen-bond acceptors (Lipinski definition) is 6. The fourth-order valence-corrected chi connectivity index (χ4v) is 2.71. The van der Waals surface area contributed by atoms with Crippen molar-refractivity contribution in [2.24, 2.45) is 0 Å². The maximum Gasteiger partial charge on any atom is 0.293 e. The summed E-state index contributed by atoms with van der Waals surface area (Å²) in [5.74, 6) is -0.328. The number of nitrogens with zero attached hydrogens (tertiary/aromatic N) is 4. The van der Waals surface area contributed by atoms with Gasteiger partial charge in [-0.25, -0.2) is 14.4 Å². The maximum atomic E-state index is 14.5. The highest BCUT2D eigenvalue weighted by molar-refractivity contribution is 5.53. The van der Waals surface area contributed by atoms with Crippen LogP contribution in [0.4, 0.5) is 15.8 Å². The van der Waals surface area contributed by atoms with Crippen LogP contribution in [0.5, 0.6) is 0 Å². The predicted octanol–water partition coefficient (Wildman–Crippen LogP) is 1.62. The van der Waals surface area contributed by atoms with Gasteiger partial charge in [-0.3, -0.25) is 4.79 Å². The zero-order chi connectivity index (χ0) is 16.1. The Morgan fingerprint density at radius 3 is 2.52 bits per heavy atom. The number of halogens is 1. The Bertz CT molecular complexity index is 660. The molecule has 7 heteroatoms. The molecule has 0 spiro atoms. The third-order valence-electron chi connectivity index (χ3n) is 3.90. The molecule has 1 aromatic carbocycles. The van der Waals surface area contributed by atoms with Gasteiger partial charge in [-0.05, 0) is 6.07 Å². The summed E-state index contributed by atoms with van der Waals surface area (Å²) in [6.45, 7) is 3.20. The Hall–Kier alpha value is -2.70. The maximum absolute atomic E-state index is 14.5. The average molecular weight is 316 g/mol. The van der Waals surface area contributed by atoms with Crippen LogP contribution in [0.1, 0.15) is 5.56 Å². The summed E-state index contributed by atoms with van der Waals surface area (Å²) in [5, 5.41) is 0. The summed E-state index contributed by atoms with van der Waals surface area (Å²) in [4.78, 5) is 22.5. The molecule has 0 amide bonds. The number of rotatable bonds is 5. The van der Waals surface area contributed by atoms with Crippen molar-refractivity contribution < 1.29 is 13.9 Å². The van der Waals surface area contributed by atoms with Crippen LogP contribution >= 0.6 is 0 Å². The summed E-state index contributed by atoms with van der Waals surface area (Å²) in [6, 6.07) is 5.15. The highest BCUT2D eigenvalue weighted by Gasteiger charge is 2.21. The molecule has 1 aliphatic rings. The average Bonchev–Trinajstić information content (AvgIpc) is 2.62. The third-order valence-corrected chi connectivity index (χ3v) is 3.90. The largest absolute Gasteiger partial charge is 0.463 e. The molecule has 6 nitrogen and oxygen atoms in total. The van der Waals surface area contributed by atoms with Crippen LogP contribution in [0, 0.1) is 5.82 Å². The molecule has 0 radical (unpaired) electrons. The molecule has 1 saturated heterocycles. The van der Waals surface area contributed by atoms with Gasteiger partial charge in [0, 0.05) is 31.7 Å². The lowest BCUT2D eigenvalue weighted by molar-refractivity contribution is -0.129. The van der Waals surface area contributed by atoms with Gasteiger partial charge in [0.2, 0.25) is 0 Å². The molecular formula is C16H17FN4O2. The van der Waals surface area contributed by atoms with E-state index in [9.17, 15) is 9.18 Å². The molecule has 2 aromatic rings. The van der Waals surface area contributed by atoms with Gasteiger partial charge in [-0.15, -0.1) is 0 Å². The van der Waals surface area contributed by atoms with Crippen LogP contribution in [0.3, 0.4) is 0 Å². The Labute approximate surface area is 133 Å². The molecule has 0 saturated carbocycles. The topological polar surface area (TPSA) is 58.6 Å². The number of carbonyl (C=O) groups excluding carboxylic acids is 1. The first-order valence-corrected chi connectivity index (χ1v) is 7.37. The molecule has 0 atom stereocenters. The molecule has 0 aliphatic carbocycles. The molecule has 1 fully saturated rings. The zero-order valence-corrected chi connectivity index (χ0v) is 12.6. The van der Waals surface area contributed by atoms with Gasteiger partial charge in [0.25, 0.3) is 6.47 Å². The molecule has 0 N–H and O–H groups in total. The van der Waals surface area contributed by atoms with Crippen LogP contribution in [0.25, 0.3) is 0 Å². The van der Waals surface area contributed by atoms with Gasteiger partial charge in [0.05, 0.1) is 23.8 Å². The van der Waals surface area contributed by atoms with Crippen molar-refractivity contribution in [3.63, 3.8) is 0 Å². The molecule has 120 valence electrons. The Morgan fingerprint density at radius 2 is 1.83 bits per heavy atom. The second-order valence-electron chi connectivity index (χ2n) is 5.23. The Morgan fingerprint density at radius 1 is 1.13 bits per heavy atom. The monoisotopic (exact) mass is 316 g/mol. The van der Waals surface area contributed by atoms with Gasteiger partial charge in [-0.1, -0.05) is 12.1 Å². The van der Waals surface area contributed by atoms with E-state index in [4.69, 9.17) is 0 Å². The minimum Gasteiger partial charge on any atom is -0.463 e. The molecule has 0 unspecified atom stereocenters. The van der Waals surface area contributed by atoms with Crippen molar-refractivity contribution in [1.29, 1.82) is 0 Å². The van der Waals surface area contributed by atoms with Gasteiger partial charge in [0.15, 0.2) is 5.82 Å². The Kier molecular flexibility index (Phi) is 4.65. The van der Waals surface area contributed by atoms with Crippen molar-refractivity contribution in [1.82, 2.24) is 9.97 Å². The first-order chi connectivity index (χ1) is 11.3. The molecule has 0 bridgehead atoms. The number of hydrogen-bond donors (Lipinski definition) is 0. The standard InChI is InChI=1S/C16H17FN4O2/c17-16-13(10-23-12-22)2-1-3-15(16)21-6-4-20(5-7-21)14-8-18-11-19-9-14/h1-3,8-9,11-12H,4-7,10H2. The summed E-state index contributed by atoms with van der Waals surface area (Å²) in [5.41, 5.74) is 1.90. The van der Waals surface area contributed by atoms with Gasteiger partial charge >= 0.3 is 0 Å². The first-order valence-electron chi connectivity index (χ1n) is 7.37. The highest BCUT2D eigenvalue weighted by atomic mass is 19.1. The SMILES string of the molecule is O=COCc1cccc(N2CCN(c3cncnc3)CC2)c1F. The van der Waals surface area contributed by atoms with E-state index in [1.54, 1.807) is 30.6 Å². The molecule has 3 rings (SSSR count). The minimum absolute atomic E-state index is 0.0511. The van der Waals surface area contributed by atoms with E-state index in [2.05, 4.69) is 19.6 Å². The molecular weight excluding hydrogens is 299 g/mol. The Balaban J connectivity index is 1.69. The number of piperazine rings is 1. The lowest BCUT2D eigenvalue weighted by Crippen LogP contribution is -2.47. The summed E-state index contributed by atoms with van der Waals surface area (Å²) < 4.78 is 19.2. The van der Waals surface area contributed by atoms with Crippen molar-refractivity contribution in [3.05, 3.63) is 48.3 Å². The second-order valence-corrected chi connectivity index (χ2v) is 5.23. The van der Waals surface area contributed by atoms with E-state index >= 15 is 0 Å². The fourth-order valence-electron chi connectivity index (χ4n) is 2.71. The van der Waals surface area contributed by atoms with Crippen molar-refractivity contribution in [3.8, 4) is 0 Å². The van der Waals surface area contributed by atoms with E-state index in [0.29, 0.717) is 30.8 Å². The van der Waals surface area contributed by atoms with E-state index in [-0.39, 0.29) is 12.4 Å². The highest BCUT2D eigenvalue weighted by Crippen LogP contribution is 2.25. The fraction of sp³-hybridized carbons (Fsp3) is 0.312. The number of ether oxygens (including phenoxy) is 1. The first kappa shape index (κ1) is 15.2. The number of anilines is 2. The number of benzene rings is 1. The molecule has 23 heavy (non-hydrogen) atoms. The minimum atomic E-state index is -0.328. The molecule has 2 heterocycles. The van der Waals surface area contributed by atoms with E-state index in [1.807, 2.05) is 4.90 Å². The van der Waals surface area contributed by atoms with E-state index in [0.717, 1.165) is 18.8 Å². The summed E-state index contributed by atoms with van der Waals surface area (Å²) >= 11 is 0.